The van der Waals surface area contributed by atoms with Gasteiger partial charge in [0, 0.05) is 28.8 Å². The summed E-state index contributed by atoms with van der Waals surface area (Å²) in [6.45, 7) is 0.0449. The Morgan fingerprint density at radius 3 is 2.59 bits per heavy atom. The van der Waals surface area contributed by atoms with Crippen molar-refractivity contribution in [3.8, 4) is 22.8 Å². The number of ether oxygens (including phenoxy) is 2. The Balaban J connectivity index is 1.36. The van der Waals surface area contributed by atoms with Crippen LogP contribution in [0.1, 0.15) is 11.3 Å². The van der Waals surface area contributed by atoms with Gasteiger partial charge in [0.05, 0.1) is 16.4 Å². The molecule has 2 amide bonds. The van der Waals surface area contributed by atoms with E-state index in [9.17, 15) is 19.7 Å². The van der Waals surface area contributed by atoms with Crippen molar-refractivity contribution < 1.29 is 28.4 Å². The second kappa shape index (κ2) is 8.71. The maximum atomic E-state index is 12.9. The molecule has 0 spiro atoms. The summed E-state index contributed by atoms with van der Waals surface area (Å²) in [5.74, 6) is 1.15. The van der Waals surface area contributed by atoms with Crippen LogP contribution in [0.25, 0.3) is 17.4 Å². The summed E-state index contributed by atoms with van der Waals surface area (Å²) < 4.78 is 16.3. The smallest absolute Gasteiger partial charge is 0.293 e. The Morgan fingerprint density at radius 2 is 1.82 bits per heavy atom. The van der Waals surface area contributed by atoms with Crippen LogP contribution in [-0.4, -0.2) is 27.8 Å². The minimum absolute atomic E-state index is 0.0109. The topological polar surface area (TPSA) is 112 Å². The molecule has 34 heavy (non-hydrogen) atoms. The van der Waals surface area contributed by atoms with E-state index in [0.717, 1.165) is 16.7 Å². The highest BCUT2D eigenvalue weighted by atomic mass is 35.5. The van der Waals surface area contributed by atoms with E-state index in [4.69, 9.17) is 37.1 Å². The number of amides is 2. The first-order valence-electron chi connectivity index (χ1n) is 9.67. The van der Waals surface area contributed by atoms with Gasteiger partial charge in [-0.1, -0.05) is 23.2 Å². The number of benzene rings is 2. The molecule has 0 radical (unpaired) electrons. The number of nitro groups is 1. The number of nitro benzene ring substituents is 1. The van der Waals surface area contributed by atoms with Gasteiger partial charge in [0.1, 0.15) is 16.5 Å². The van der Waals surface area contributed by atoms with Crippen molar-refractivity contribution in [3.63, 3.8) is 0 Å². The van der Waals surface area contributed by atoms with Crippen LogP contribution in [0.5, 0.6) is 11.5 Å². The van der Waals surface area contributed by atoms with Crippen LogP contribution in [0, 0.1) is 10.1 Å². The Bertz CT molecular complexity index is 1400. The van der Waals surface area contributed by atoms with Crippen LogP contribution in [0.2, 0.25) is 10.0 Å². The van der Waals surface area contributed by atoms with Gasteiger partial charge in [-0.2, -0.15) is 0 Å². The SMILES string of the molecule is O=C1S/C(=C/c2ccc(-c3ccc(Cl)c([N+](=O)[O-])c3)o2)C(=O)N1Cc1cc2c(cc1Cl)OCO2. The van der Waals surface area contributed by atoms with E-state index in [2.05, 4.69) is 0 Å². The van der Waals surface area contributed by atoms with Gasteiger partial charge < -0.3 is 13.9 Å². The molecule has 0 bridgehead atoms. The Hall–Kier alpha value is -3.47. The molecule has 2 aliphatic rings. The van der Waals surface area contributed by atoms with E-state index in [0.29, 0.717) is 39.2 Å². The maximum Gasteiger partial charge on any atom is 0.293 e. The van der Waals surface area contributed by atoms with Crippen LogP contribution in [0.4, 0.5) is 10.5 Å². The lowest BCUT2D eigenvalue weighted by molar-refractivity contribution is -0.384. The predicted octanol–water partition coefficient (Wildman–Crippen LogP) is 6.13. The number of furan rings is 1. The summed E-state index contributed by atoms with van der Waals surface area (Å²) in [5.41, 5.74) is 0.737. The molecule has 9 nitrogen and oxygen atoms in total. The predicted molar refractivity (Wildman–Crippen MR) is 125 cm³/mol. The zero-order valence-corrected chi connectivity index (χ0v) is 19.3. The first-order valence-corrected chi connectivity index (χ1v) is 11.2. The Morgan fingerprint density at radius 1 is 1.06 bits per heavy atom. The second-order valence-corrected chi connectivity index (χ2v) is 9.00. The molecule has 1 fully saturated rings. The summed E-state index contributed by atoms with van der Waals surface area (Å²) in [5, 5.41) is 11.0. The van der Waals surface area contributed by atoms with Gasteiger partial charge in [0.15, 0.2) is 11.5 Å². The van der Waals surface area contributed by atoms with Gasteiger partial charge in [0.2, 0.25) is 6.79 Å². The quantitative estimate of drug-likeness (QED) is 0.225. The van der Waals surface area contributed by atoms with Crippen molar-refractivity contribution in [2.24, 2.45) is 0 Å². The van der Waals surface area contributed by atoms with Crippen LogP contribution < -0.4 is 9.47 Å². The van der Waals surface area contributed by atoms with E-state index in [1.807, 2.05) is 0 Å². The first-order chi connectivity index (χ1) is 16.3. The fourth-order valence-electron chi connectivity index (χ4n) is 3.41. The average Bonchev–Trinajstić information content (AvgIpc) is 3.51. The molecule has 2 aromatic carbocycles. The van der Waals surface area contributed by atoms with Crippen molar-refractivity contribution in [3.05, 3.63) is 78.9 Å². The van der Waals surface area contributed by atoms with E-state index < -0.39 is 16.1 Å². The molecule has 1 aromatic heterocycles. The van der Waals surface area contributed by atoms with Crippen LogP contribution in [0.3, 0.4) is 0 Å². The number of halogens is 2. The molecule has 1 saturated heterocycles. The maximum absolute atomic E-state index is 12.9. The molecule has 0 saturated carbocycles. The number of carbonyl (C=O) groups excluding carboxylic acids is 2. The number of hydrogen-bond donors (Lipinski definition) is 0. The molecule has 0 atom stereocenters. The van der Waals surface area contributed by atoms with Crippen molar-refractivity contribution in [1.29, 1.82) is 0 Å². The number of carbonyl (C=O) groups is 2. The van der Waals surface area contributed by atoms with Crippen molar-refractivity contribution in [1.82, 2.24) is 4.90 Å². The second-order valence-electron chi connectivity index (χ2n) is 7.19. The van der Waals surface area contributed by atoms with E-state index in [1.54, 1.807) is 30.3 Å². The third kappa shape index (κ3) is 4.11. The van der Waals surface area contributed by atoms with Crippen molar-refractivity contribution >= 4 is 57.9 Å². The summed E-state index contributed by atoms with van der Waals surface area (Å²) in [7, 11) is 0. The van der Waals surface area contributed by atoms with E-state index in [1.165, 1.54) is 18.2 Å². The number of nitrogens with zero attached hydrogens (tertiary/aromatic N) is 2. The minimum atomic E-state index is -0.585. The highest BCUT2D eigenvalue weighted by Crippen LogP contribution is 2.40. The number of thioether (sulfide) groups is 1. The number of hydrogen-bond acceptors (Lipinski definition) is 8. The average molecular weight is 519 g/mol. The third-order valence-corrected chi connectivity index (χ3v) is 6.65. The zero-order valence-electron chi connectivity index (χ0n) is 16.9. The molecular weight excluding hydrogens is 507 g/mol. The highest BCUT2D eigenvalue weighted by Gasteiger charge is 2.36. The number of rotatable bonds is 5. The fourth-order valence-corrected chi connectivity index (χ4v) is 4.63. The van der Waals surface area contributed by atoms with Gasteiger partial charge in [-0.05, 0) is 47.7 Å². The van der Waals surface area contributed by atoms with Crippen LogP contribution in [-0.2, 0) is 11.3 Å². The summed E-state index contributed by atoms with van der Waals surface area (Å²) >= 11 is 12.9. The first kappa shape index (κ1) is 22.3. The molecule has 0 N–H and O–H groups in total. The zero-order chi connectivity index (χ0) is 24.0. The van der Waals surface area contributed by atoms with Crippen LogP contribution >= 0.6 is 35.0 Å². The summed E-state index contributed by atoms with van der Waals surface area (Å²) in [6.07, 6.45) is 1.44. The number of fused-ring (bicyclic) bond motifs is 1. The molecule has 5 rings (SSSR count). The minimum Gasteiger partial charge on any atom is -0.457 e. The van der Waals surface area contributed by atoms with Gasteiger partial charge in [0.25, 0.3) is 16.8 Å². The molecule has 172 valence electrons. The van der Waals surface area contributed by atoms with Crippen molar-refractivity contribution in [2.45, 2.75) is 6.54 Å². The van der Waals surface area contributed by atoms with Crippen LogP contribution in [0.15, 0.2) is 51.8 Å². The number of imide groups is 1. The fraction of sp³-hybridized carbons (Fsp3) is 0.0909. The van der Waals surface area contributed by atoms with E-state index in [-0.39, 0.29) is 29.0 Å². The van der Waals surface area contributed by atoms with Gasteiger partial charge in [-0.25, -0.2) is 0 Å². The van der Waals surface area contributed by atoms with Gasteiger partial charge in [-0.3, -0.25) is 24.6 Å². The highest BCUT2D eigenvalue weighted by molar-refractivity contribution is 8.18. The standard InChI is InChI=1S/C22H12Cl2N2O7S/c23-14-3-1-11(5-16(14)26(29)30)17-4-2-13(33-17)7-20-21(27)25(22(28)34-20)9-12-6-18-19(8-15(12)24)32-10-31-18/h1-8H,9-10H2/b20-7+. The lowest BCUT2D eigenvalue weighted by Gasteiger charge is -2.14. The molecule has 3 heterocycles. The monoisotopic (exact) mass is 518 g/mol. The lowest BCUT2D eigenvalue weighted by Crippen LogP contribution is -2.27. The third-order valence-electron chi connectivity index (χ3n) is 5.07. The summed E-state index contributed by atoms with van der Waals surface area (Å²) in [6, 6.07) is 10.7. The largest absolute Gasteiger partial charge is 0.457 e. The molecule has 3 aromatic rings. The van der Waals surface area contributed by atoms with Gasteiger partial charge in [-0.15, -0.1) is 0 Å². The van der Waals surface area contributed by atoms with E-state index >= 15 is 0 Å². The molecule has 12 heteroatoms. The lowest BCUT2D eigenvalue weighted by atomic mass is 10.1. The Kier molecular flexibility index (Phi) is 5.72. The normalized spacial score (nSPS) is 16.1. The van der Waals surface area contributed by atoms with Crippen molar-refractivity contribution in [2.75, 3.05) is 6.79 Å². The Labute approximate surface area is 206 Å². The molecular formula is C22H12Cl2N2O7S. The molecule has 2 aliphatic heterocycles. The molecule has 0 aliphatic carbocycles. The van der Waals surface area contributed by atoms with Gasteiger partial charge >= 0.3 is 0 Å². The summed E-state index contributed by atoms with van der Waals surface area (Å²) in [4.78, 5) is 37.2. The molecule has 0 unspecified atom stereocenters.